The maximum Gasteiger partial charge on any atom is 0.234 e. The van der Waals surface area contributed by atoms with Crippen LogP contribution in [0.1, 0.15) is 44.9 Å². The van der Waals surface area contributed by atoms with E-state index in [1.54, 1.807) is 0 Å². The van der Waals surface area contributed by atoms with Crippen molar-refractivity contribution in [1.29, 1.82) is 0 Å². The van der Waals surface area contributed by atoms with Crippen LogP contribution >= 0.6 is 0 Å². The first-order valence-corrected chi connectivity index (χ1v) is 10.2. The lowest BCUT2D eigenvalue weighted by Crippen LogP contribution is -2.45. The van der Waals surface area contributed by atoms with Crippen LogP contribution in [0.2, 0.25) is 0 Å². The molecule has 27 heavy (non-hydrogen) atoms. The lowest BCUT2D eigenvalue weighted by atomic mass is 9.97. The van der Waals surface area contributed by atoms with Crippen molar-refractivity contribution in [2.45, 2.75) is 44.9 Å². The van der Waals surface area contributed by atoms with E-state index in [4.69, 9.17) is 0 Å². The van der Waals surface area contributed by atoms with E-state index in [1.807, 2.05) is 30.3 Å². The van der Waals surface area contributed by atoms with Gasteiger partial charge in [0.25, 0.3) is 0 Å². The van der Waals surface area contributed by atoms with Gasteiger partial charge in [0.2, 0.25) is 11.8 Å². The monoisotopic (exact) mass is 369 g/mol. The van der Waals surface area contributed by atoms with Crippen molar-refractivity contribution in [3.8, 4) is 0 Å². The van der Waals surface area contributed by atoms with E-state index >= 15 is 0 Å². The van der Waals surface area contributed by atoms with Gasteiger partial charge >= 0.3 is 0 Å². The number of para-hydroxylation sites is 1. The summed E-state index contributed by atoms with van der Waals surface area (Å²) in [6.07, 6.45) is 10.1. The number of anilines is 1. The highest BCUT2D eigenvalue weighted by atomic mass is 16.2. The molecule has 0 aromatic heterocycles. The summed E-state index contributed by atoms with van der Waals surface area (Å²) in [5.41, 5.74) is 2.31. The SMILES string of the molecule is O=C(CN1CCC[C@H](C(=O)Nc2ccccc2)C1)NCCC1=CCCCC1. The molecule has 5 heteroatoms. The Morgan fingerprint density at radius 3 is 2.74 bits per heavy atom. The van der Waals surface area contributed by atoms with Gasteiger partial charge in [-0.25, -0.2) is 0 Å². The zero-order valence-electron chi connectivity index (χ0n) is 16.1. The van der Waals surface area contributed by atoms with Gasteiger partial charge in [-0.05, 0) is 63.6 Å². The molecule has 0 bridgehead atoms. The summed E-state index contributed by atoms with van der Waals surface area (Å²) in [7, 11) is 0. The Balaban J connectivity index is 1.39. The summed E-state index contributed by atoms with van der Waals surface area (Å²) in [5, 5.41) is 6.02. The molecule has 0 radical (unpaired) electrons. The number of hydrogen-bond donors (Lipinski definition) is 2. The molecular weight excluding hydrogens is 338 g/mol. The highest BCUT2D eigenvalue weighted by molar-refractivity contribution is 5.92. The fourth-order valence-corrected chi connectivity index (χ4v) is 3.93. The number of hydrogen-bond acceptors (Lipinski definition) is 3. The fraction of sp³-hybridized carbons (Fsp3) is 0.545. The summed E-state index contributed by atoms with van der Waals surface area (Å²) in [4.78, 5) is 26.9. The zero-order chi connectivity index (χ0) is 18.9. The molecule has 1 aromatic carbocycles. The summed E-state index contributed by atoms with van der Waals surface area (Å²) < 4.78 is 0. The largest absolute Gasteiger partial charge is 0.355 e. The summed E-state index contributed by atoms with van der Waals surface area (Å²) in [5.74, 6) is 0.0604. The Kier molecular flexibility index (Phi) is 7.45. The normalized spacial score (nSPS) is 20.6. The van der Waals surface area contributed by atoms with Gasteiger partial charge in [-0.1, -0.05) is 29.8 Å². The van der Waals surface area contributed by atoms with E-state index in [9.17, 15) is 9.59 Å². The molecule has 5 nitrogen and oxygen atoms in total. The van der Waals surface area contributed by atoms with Gasteiger partial charge in [0.05, 0.1) is 12.5 Å². The molecule has 2 N–H and O–H groups in total. The molecule has 0 spiro atoms. The predicted molar refractivity (Wildman–Crippen MR) is 108 cm³/mol. The zero-order valence-corrected chi connectivity index (χ0v) is 16.1. The first-order valence-electron chi connectivity index (χ1n) is 10.2. The molecule has 2 amide bonds. The van der Waals surface area contributed by atoms with Gasteiger partial charge in [-0.15, -0.1) is 0 Å². The minimum atomic E-state index is -0.0563. The number of allylic oxidation sites excluding steroid dienone is 1. The second-order valence-electron chi connectivity index (χ2n) is 7.64. The van der Waals surface area contributed by atoms with Crippen molar-refractivity contribution in [2.75, 3.05) is 31.5 Å². The van der Waals surface area contributed by atoms with Crippen molar-refractivity contribution in [3.05, 3.63) is 42.0 Å². The molecule has 1 saturated heterocycles. The van der Waals surface area contributed by atoms with Crippen LogP contribution in [0.4, 0.5) is 5.69 Å². The highest BCUT2D eigenvalue weighted by Gasteiger charge is 2.26. The van der Waals surface area contributed by atoms with Crippen LogP contribution in [0.3, 0.4) is 0 Å². The number of benzene rings is 1. The van der Waals surface area contributed by atoms with Crippen molar-refractivity contribution < 1.29 is 9.59 Å². The summed E-state index contributed by atoms with van der Waals surface area (Å²) in [6, 6.07) is 9.55. The van der Waals surface area contributed by atoms with Crippen molar-refractivity contribution in [1.82, 2.24) is 10.2 Å². The third-order valence-corrected chi connectivity index (χ3v) is 5.44. The molecule has 1 atom stereocenters. The van der Waals surface area contributed by atoms with E-state index in [1.165, 1.54) is 31.3 Å². The van der Waals surface area contributed by atoms with E-state index in [0.29, 0.717) is 13.1 Å². The number of amides is 2. The molecule has 1 fully saturated rings. The minimum absolute atomic E-state index is 0.0514. The second kappa shape index (κ2) is 10.3. The van der Waals surface area contributed by atoms with Crippen LogP contribution < -0.4 is 10.6 Å². The van der Waals surface area contributed by atoms with E-state index in [0.717, 1.165) is 38.0 Å². The Morgan fingerprint density at radius 2 is 1.96 bits per heavy atom. The molecule has 3 rings (SSSR count). The molecule has 2 aliphatic rings. The predicted octanol–water partition coefficient (Wildman–Crippen LogP) is 3.34. The summed E-state index contributed by atoms with van der Waals surface area (Å²) >= 11 is 0. The Labute approximate surface area is 162 Å². The smallest absolute Gasteiger partial charge is 0.234 e. The Hall–Kier alpha value is -2.14. The van der Waals surface area contributed by atoms with Crippen LogP contribution in [0.5, 0.6) is 0 Å². The quantitative estimate of drug-likeness (QED) is 0.725. The Bertz CT molecular complexity index is 657. The number of rotatable bonds is 7. The number of piperidine rings is 1. The van der Waals surface area contributed by atoms with Crippen LogP contribution in [0.25, 0.3) is 0 Å². The topological polar surface area (TPSA) is 61.4 Å². The standard InChI is InChI=1S/C22H31N3O2/c26-21(23-14-13-18-8-3-1-4-9-18)17-25-15-7-10-19(16-25)22(27)24-20-11-5-2-6-12-20/h2,5-6,8,11-12,19H,1,3-4,7,9-10,13-17H2,(H,23,26)(H,24,27)/t19-/m0/s1. The molecular formula is C22H31N3O2. The average Bonchev–Trinajstić information content (AvgIpc) is 2.70. The molecule has 1 aliphatic heterocycles. The Morgan fingerprint density at radius 1 is 1.11 bits per heavy atom. The molecule has 0 unspecified atom stereocenters. The highest BCUT2D eigenvalue weighted by Crippen LogP contribution is 2.20. The van der Waals surface area contributed by atoms with Gasteiger partial charge in [-0.3, -0.25) is 14.5 Å². The van der Waals surface area contributed by atoms with E-state index < -0.39 is 0 Å². The number of nitrogens with zero attached hydrogens (tertiary/aromatic N) is 1. The van der Waals surface area contributed by atoms with Crippen molar-refractivity contribution >= 4 is 17.5 Å². The van der Waals surface area contributed by atoms with Crippen LogP contribution in [0, 0.1) is 5.92 Å². The summed E-state index contributed by atoms with van der Waals surface area (Å²) in [6.45, 7) is 2.63. The van der Waals surface area contributed by atoms with Gasteiger partial charge in [0.1, 0.15) is 0 Å². The number of likely N-dealkylation sites (tertiary alicyclic amines) is 1. The third-order valence-electron chi connectivity index (χ3n) is 5.44. The van der Waals surface area contributed by atoms with E-state index in [2.05, 4.69) is 21.6 Å². The minimum Gasteiger partial charge on any atom is -0.355 e. The molecule has 1 heterocycles. The van der Waals surface area contributed by atoms with Crippen molar-refractivity contribution in [3.63, 3.8) is 0 Å². The van der Waals surface area contributed by atoms with Crippen LogP contribution in [-0.4, -0.2) is 42.9 Å². The second-order valence-corrected chi connectivity index (χ2v) is 7.64. The third kappa shape index (κ3) is 6.51. The van der Waals surface area contributed by atoms with Gasteiger partial charge in [0, 0.05) is 18.8 Å². The maximum atomic E-state index is 12.5. The van der Waals surface area contributed by atoms with Crippen molar-refractivity contribution in [2.24, 2.45) is 5.92 Å². The number of nitrogens with one attached hydrogen (secondary N) is 2. The molecule has 146 valence electrons. The van der Waals surface area contributed by atoms with Gasteiger partial charge < -0.3 is 10.6 Å². The molecule has 1 aliphatic carbocycles. The lowest BCUT2D eigenvalue weighted by molar-refractivity contribution is -0.125. The average molecular weight is 370 g/mol. The van der Waals surface area contributed by atoms with Gasteiger partial charge in [-0.2, -0.15) is 0 Å². The number of carbonyl (C=O) groups is 2. The fourth-order valence-electron chi connectivity index (χ4n) is 3.93. The first kappa shape index (κ1) is 19.6. The number of carbonyl (C=O) groups excluding carboxylic acids is 2. The van der Waals surface area contributed by atoms with Crippen LogP contribution in [0.15, 0.2) is 42.0 Å². The van der Waals surface area contributed by atoms with Gasteiger partial charge in [0.15, 0.2) is 0 Å². The first-order chi connectivity index (χ1) is 13.2. The molecule has 0 saturated carbocycles. The molecule has 1 aromatic rings. The lowest BCUT2D eigenvalue weighted by Gasteiger charge is -2.31. The van der Waals surface area contributed by atoms with E-state index in [-0.39, 0.29) is 17.7 Å². The van der Waals surface area contributed by atoms with Crippen LogP contribution in [-0.2, 0) is 9.59 Å². The maximum absolute atomic E-state index is 12.5.